The van der Waals surface area contributed by atoms with E-state index in [1.807, 2.05) is 0 Å². The zero-order valence-corrected chi connectivity index (χ0v) is 1.97. The van der Waals surface area contributed by atoms with Crippen molar-refractivity contribution in [3.05, 3.63) is 10.1 Å². The first-order valence-electron chi connectivity index (χ1n) is 2.39. The van der Waals surface area contributed by atoms with Crippen LogP contribution in [0.25, 0.3) is 0 Å². The highest BCUT2D eigenvalue weighted by atomic mass is 16.6. The van der Waals surface area contributed by atoms with Crippen LogP contribution < -0.4 is 0 Å². The lowest BCUT2D eigenvalue weighted by atomic mass is 11.5. The Morgan fingerprint density at radius 2 is 3.25 bits per heavy atom. The summed E-state index contributed by atoms with van der Waals surface area (Å²) in [5.41, 5.74) is 0. The third kappa shape index (κ3) is 0.622. The van der Waals surface area contributed by atoms with Crippen LogP contribution in [0, 0.1) is 10.1 Å². The molecule has 0 radical (unpaired) electrons. The van der Waals surface area contributed by atoms with E-state index in [9.17, 15) is 0 Å². The Kier molecular flexibility index (Phi) is 0.207. The van der Waals surface area contributed by atoms with Gasteiger partial charge >= 0.3 is 0 Å². The summed E-state index contributed by atoms with van der Waals surface area (Å²) in [6.07, 6.45) is 0. The minimum Gasteiger partial charge on any atom is -0.265 e. The monoisotopic (exact) mass is 66.1 g/mol. The molecule has 26 valence electrons. The zero-order valence-electron chi connectivity index (χ0n) is 4.97. The summed E-state index contributed by atoms with van der Waals surface area (Å²) in [5, 5.41) is 8.99. The van der Waals surface area contributed by atoms with Gasteiger partial charge in [0.2, 0.25) is 0 Å². The fraction of sp³-hybridized carbons (Fsp3) is 1.00. The van der Waals surface area contributed by atoms with Gasteiger partial charge in [-0.25, -0.2) is 0 Å². The van der Waals surface area contributed by atoms with Gasteiger partial charge in [-0.2, -0.15) is 0 Å². The van der Waals surface area contributed by atoms with Crippen molar-refractivity contribution < 1.29 is 9.26 Å². The molecule has 0 bridgehead atoms. The Bertz CT molecular complexity index is 48.2. The third-order valence-corrected chi connectivity index (χ3v) is 0. The van der Waals surface area contributed by atoms with Gasteiger partial charge in [0.25, 0.3) is 0 Å². The molecule has 0 spiro atoms. The van der Waals surface area contributed by atoms with E-state index in [1.165, 1.54) is 0 Å². The Hall–Kier alpha value is -0.600. The first kappa shape index (κ1) is 1.01. The fourth-order valence-electron chi connectivity index (χ4n) is 0. The molecule has 0 aromatic rings. The summed E-state index contributed by atoms with van der Waals surface area (Å²) in [7, 11) is -0.722. The average molecular weight is 66.1 g/mol. The van der Waals surface area contributed by atoms with Crippen molar-refractivity contribution in [3.63, 3.8) is 0 Å². The summed E-state index contributed by atoms with van der Waals surface area (Å²) in [4.78, 5) is 8.28. The highest BCUT2D eigenvalue weighted by molar-refractivity contribution is 3.91. The lowest BCUT2D eigenvalue weighted by molar-refractivity contribution is -0.445. The second-order valence-electron chi connectivity index (χ2n) is 0.333. The first-order chi connectivity index (χ1) is 3.27. The molecule has 0 aliphatic rings. The third-order valence-electron chi connectivity index (χ3n) is 0. The van der Waals surface area contributed by atoms with E-state index in [0.717, 1.165) is 0 Å². The van der Waals surface area contributed by atoms with Crippen LogP contribution in [0.15, 0.2) is 0 Å². The maximum absolute atomic E-state index is 8.99. The Labute approximate surface area is 27.9 Å². The van der Waals surface area contributed by atoms with Gasteiger partial charge in [0.05, 0.1) is 0 Å². The van der Waals surface area contributed by atoms with Crippen LogP contribution in [-0.2, 0) is 0 Å². The first-order valence-corrected chi connectivity index (χ1v) is 0.681. The molecule has 0 N–H and O–H groups in total. The van der Waals surface area contributed by atoms with E-state index in [1.54, 1.807) is 0 Å². The summed E-state index contributed by atoms with van der Waals surface area (Å²) in [6.45, 7) is 0. The molecule has 4 heavy (non-hydrogen) atoms. The van der Waals surface area contributed by atoms with Crippen molar-refractivity contribution in [2.45, 2.75) is 0 Å². The van der Waals surface area contributed by atoms with E-state index >= 15 is 0 Å². The normalized spacial score (nSPS) is 11.5. The molecular formula is CH5NO2. The molecule has 0 amide bonds. The second-order valence-corrected chi connectivity index (χ2v) is 0.333. The molecule has 0 rings (SSSR count). The van der Waals surface area contributed by atoms with Crippen LogP contribution in [-0.4, -0.2) is 11.9 Å². The van der Waals surface area contributed by atoms with E-state index in [2.05, 4.69) is 0 Å². The van der Waals surface area contributed by atoms with Crippen molar-refractivity contribution in [1.82, 2.24) is 0 Å². The minimum absolute atomic E-state index is 0.708. The van der Waals surface area contributed by atoms with Crippen LogP contribution in [0.4, 0.5) is 0 Å². The molecule has 0 fully saturated rings. The lowest BCUT2D eigenvalue weighted by Crippen LogP contribution is -1.79. The van der Waals surface area contributed by atoms with Gasteiger partial charge in [-0.05, 0) is 0 Å². The predicted molar refractivity (Wildman–Crippen MR) is 15.0 cm³/mol. The maximum Gasteiger partial charge on any atom is 0.194 e. The van der Waals surface area contributed by atoms with E-state index < -0.39 is 11.9 Å². The van der Waals surface area contributed by atoms with Crippen molar-refractivity contribution in [2.75, 3.05) is 7.02 Å². The standard InChI is InChI=1S/CH3NO2.H2/c1-2(3)4;/h1H3;1H/i1D;1+1D. The molecule has 0 saturated carbocycles. The Morgan fingerprint density at radius 3 is 3.25 bits per heavy atom. The number of nitrogens with zero attached hydrogens (tertiary/aromatic N) is 1. The number of rotatable bonds is 0. The molecule has 3 heteroatoms. The molecule has 0 unspecified atom stereocenters. The SMILES string of the molecule is [2H]C[N+](=O)[O-].[2H][2H]. The number of nitro groups is 1. The van der Waals surface area contributed by atoms with Gasteiger partial charge in [0, 0.05) is 7.89 Å². The summed E-state index contributed by atoms with van der Waals surface area (Å²) >= 11 is 0. The molecule has 0 heterocycles. The van der Waals surface area contributed by atoms with Gasteiger partial charge < -0.3 is 0 Å². The van der Waals surface area contributed by atoms with Gasteiger partial charge in [-0.15, -0.1) is 0 Å². The fourth-order valence-corrected chi connectivity index (χ4v) is 0. The largest absolute Gasteiger partial charge is 0.265 e. The molecule has 0 aromatic heterocycles. The van der Waals surface area contributed by atoms with Crippen molar-refractivity contribution >= 4 is 0 Å². The summed E-state index contributed by atoms with van der Waals surface area (Å²) < 4.78 is 16.0. The quantitative estimate of drug-likeness (QED) is 0.298. The zero-order chi connectivity index (χ0) is 6.28. The highest BCUT2D eigenvalue weighted by Crippen LogP contribution is 1.39. The van der Waals surface area contributed by atoms with Crippen LogP contribution in [0.3, 0.4) is 0 Å². The summed E-state index contributed by atoms with van der Waals surface area (Å²) in [6, 6.07) is 0. The van der Waals surface area contributed by atoms with Crippen LogP contribution >= 0.6 is 0 Å². The number of hydrogen-bond acceptors (Lipinski definition) is 2. The smallest absolute Gasteiger partial charge is 0.194 e. The molecule has 0 aliphatic heterocycles. The predicted octanol–water partition coefficient (Wildman–Crippen LogP) is 0.139. The maximum atomic E-state index is 8.99. The topological polar surface area (TPSA) is 43.1 Å². The van der Waals surface area contributed by atoms with Crippen LogP contribution in [0.1, 0.15) is 4.34 Å². The van der Waals surface area contributed by atoms with Crippen molar-refractivity contribution in [3.8, 4) is 0 Å². The van der Waals surface area contributed by atoms with Crippen LogP contribution in [0.2, 0.25) is 0 Å². The second kappa shape index (κ2) is 0.817. The van der Waals surface area contributed by atoms with Gasteiger partial charge in [0.15, 0.2) is 7.02 Å². The van der Waals surface area contributed by atoms with E-state index in [0.29, 0.717) is 0 Å². The average Bonchev–Trinajstić information content (AvgIpc) is 1.73. The number of hydrogen-bond donors (Lipinski definition) is 0. The van der Waals surface area contributed by atoms with E-state index in [-0.39, 0.29) is 0 Å². The van der Waals surface area contributed by atoms with Gasteiger partial charge in [0.1, 0.15) is 1.37 Å². The van der Waals surface area contributed by atoms with Gasteiger partial charge in [-0.3, -0.25) is 10.1 Å². The van der Waals surface area contributed by atoms with E-state index in [4.69, 9.17) is 14.5 Å². The molecule has 0 saturated heterocycles. The molecular weight excluding hydrogens is 58.0 g/mol. The molecule has 0 atom stereocenters. The van der Waals surface area contributed by atoms with Crippen molar-refractivity contribution in [2.24, 2.45) is 0 Å². The molecule has 3 nitrogen and oxygen atoms in total. The Morgan fingerprint density at radius 1 is 3.00 bits per heavy atom. The minimum atomic E-state index is -0.722. The highest BCUT2D eigenvalue weighted by Gasteiger charge is 1.57. The summed E-state index contributed by atoms with van der Waals surface area (Å²) in [5.74, 6) is 0. The molecule has 0 aromatic carbocycles. The lowest BCUT2D eigenvalue weighted by Gasteiger charge is -1.63. The van der Waals surface area contributed by atoms with Crippen molar-refractivity contribution in [1.29, 1.82) is 0 Å². The molecule has 0 aliphatic carbocycles. The van der Waals surface area contributed by atoms with Gasteiger partial charge in [-0.1, -0.05) is 0 Å². The van der Waals surface area contributed by atoms with Crippen LogP contribution in [0.5, 0.6) is 0 Å². The Balaban J connectivity index is 0.